The van der Waals surface area contributed by atoms with Gasteiger partial charge in [-0.2, -0.15) is 79.0 Å². The van der Waals surface area contributed by atoms with Gasteiger partial charge in [-0.05, 0) is 183 Å². The molecule has 638 valence electrons. The van der Waals surface area contributed by atoms with Crippen molar-refractivity contribution in [2.45, 2.75) is 85.2 Å². The first-order chi connectivity index (χ1) is 59.4. The second kappa shape index (κ2) is 38.5. The first-order valence-electron chi connectivity index (χ1n) is 36.9. The lowest BCUT2D eigenvalue weighted by Crippen LogP contribution is -2.07. The summed E-state index contributed by atoms with van der Waals surface area (Å²) in [5, 5.41) is 94.3. The summed E-state index contributed by atoms with van der Waals surface area (Å²) in [5.41, 5.74) is 2.94. The fourth-order valence-electron chi connectivity index (χ4n) is 14.0. The maximum atomic E-state index is 13.4. The molecule has 0 saturated carbocycles. The van der Waals surface area contributed by atoms with Gasteiger partial charge in [-0.3, -0.25) is 0 Å². The van der Waals surface area contributed by atoms with Crippen LogP contribution in [0.3, 0.4) is 0 Å². The molecule has 0 aliphatic rings. The number of nitriles is 5. The van der Waals surface area contributed by atoms with Gasteiger partial charge in [-0.1, -0.05) is 107 Å². The molecular weight excluding hydrogens is 1680 g/mol. The second-order valence-corrected chi connectivity index (χ2v) is 28.9. The smallest absolute Gasteiger partial charge is 0.416 e. The monoisotopic (exact) mass is 1750 g/mol. The number of aryl methyl sites for hydroxylation is 4. The first kappa shape index (κ1) is 92.4. The van der Waals surface area contributed by atoms with Crippen LogP contribution in [0.5, 0.6) is 5.75 Å². The van der Waals surface area contributed by atoms with Crippen molar-refractivity contribution in [2.75, 3.05) is 0 Å². The number of rotatable bonds is 20. The zero-order valence-electron chi connectivity index (χ0n) is 66.0. The van der Waals surface area contributed by atoms with E-state index in [2.05, 4.69) is 0 Å². The van der Waals surface area contributed by atoms with Crippen LogP contribution in [-0.4, -0.2) is 73.6 Å². The lowest BCUT2D eigenvalue weighted by atomic mass is 10.0. The van der Waals surface area contributed by atoms with Gasteiger partial charge >= 0.3 is 54.6 Å². The summed E-state index contributed by atoms with van der Waals surface area (Å²) in [6, 6.07) is 52.4. The van der Waals surface area contributed by atoms with E-state index in [1.807, 2.05) is 36.4 Å². The molecule has 0 atom stereocenters. The number of aromatic nitrogens is 4. The van der Waals surface area contributed by atoms with Gasteiger partial charge in [0.1, 0.15) is 58.9 Å². The van der Waals surface area contributed by atoms with Gasteiger partial charge in [-0.15, -0.1) is 0 Å². The van der Waals surface area contributed by atoms with Crippen LogP contribution < -0.4 is 4.74 Å². The molecule has 0 saturated heterocycles. The first-order valence-corrected chi connectivity index (χ1v) is 37.3. The van der Waals surface area contributed by atoms with E-state index < -0.39 is 99.1 Å². The Balaban J connectivity index is 0.000000176. The number of nitrogens with zero attached hydrogens (tertiary/aromatic N) is 9. The average molecular weight is 1750 g/mol. The molecule has 13 aromatic rings. The van der Waals surface area contributed by atoms with Crippen LogP contribution in [0.25, 0.3) is 67.9 Å². The number of fused-ring (bicyclic) bond motifs is 4. The number of aliphatic carboxylic acids is 4. The fraction of sp³-hybridized carbons (Fsp3) is 0.140. The molecule has 13 rings (SSSR count). The fourth-order valence-corrected chi connectivity index (χ4v) is 14.1. The maximum Gasteiger partial charge on any atom is 0.416 e. The number of hydrogen-bond donors (Lipinski definition) is 5. The zero-order chi connectivity index (χ0) is 92.2. The van der Waals surface area contributed by atoms with E-state index in [9.17, 15) is 97.4 Å². The number of carboxylic acid groups (broad SMARTS) is 5. The maximum absolute atomic E-state index is 13.4. The van der Waals surface area contributed by atoms with Gasteiger partial charge in [-0.25, -0.2) is 24.0 Å². The number of ether oxygens (including phenoxy) is 1. The van der Waals surface area contributed by atoms with Crippen LogP contribution in [0.1, 0.15) is 111 Å². The highest BCUT2D eigenvalue weighted by Crippen LogP contribution is 2.40. The zero-order valence-corrected chi connectivity index (χ0v) is 66.8. The molecule has 33 heteroatoms. The lowest BCUT2D eigenvalue weighted by Gasteiger charge is -2.12. The van der Waals surface area contributed by atoms with Gasteiger partial charge in [0.2, 0.25) is 0 Å². The van der Waals surface area contributed by atoms with E-state index in [4.69, 9.17) is 47.4 Å². The molecule has 20 nitrogen and oxygen atoms in total. The van der Waals surface area contributed by atoms with E-state index in [0.717, 1.165) is 66.2 Å². The van der Waals surface area contributed by atoms with Crippen LogP contribution in [0.4, 0.5) is 52.7 Å². The number of hydrogen-bond acceptors (Lipinski definition) is 11. The Bertz CT molecular complexity index is 6870. The number of carbonyl (C=O) groups is 5. The average Bonchev–Trinajstić information content (AvgIpc) is 1.63. The normalized spacial score (nSPS) is 12.0. The van der Waals surface area contributed by atoms with Crippen molar-refractivity contribution < 1.29 is 107 Å². The Hall–Kier alpha value is -15.9. The molecule has 9 aromatic carbocycles. The summed E-state index contributed by atoms with van der Waals surface area (Å²) in [7, 11) is 0. The van der Waals surface area contributed by atoms with Crippen LogP contribution in [0.15, 0.2) is 223 Å². The largest absolute Gasteiger partial charge is 0.488 e. The molecule has 5 N–H and O–H groups in total. The quantitative estimate of drug-likeness (QED) is 0.0269. The van der Waals surface area contributed by atoms with Crippen molar-refractivity contribution in [2.24, 2.45) is 0 Å². The van der Waals surface area contributed by atoms with Crippen LogP contribution in [0, 0.1) is 84.4 Å². The van der Waals surface area contributed by atoms with E-state index in [-0.39, 0.29) is 54.9 Å². The van der Waals surface area contributed by atoms with Gasteiger partial charge in [0.15, 0.2) is 0 Å². The summed E-state index contributed by atoms with van der Waals surface area (Å²) >= 11 is 6.05. The molecule has 0 fully saturated rings. The number of aromatic carboxylic acids is 1. The summed E-state index contributed by atoms with van der Waals surface area (Å²) in [6.07, 6.45) is -7.11. The summed E-state index contributed by atoms with van der Waals surface area (Å²) in [6.45, 7) is 6.83. The Kier molecular flexibility index (Phi) is 28.2. The minimum atomic E-state index is -4.52. The molecule has 0 aliphatic heterocycles. The highest BCUT2D eigenvalue weighted by atomic mass is 35.5. The molecule has 0 unspecified atom stereocenters. The molecule has 0 radical (unpaired) electrons. The number of carboxylic acids is 5. The summed E-state index contributed by atoms with van der Waals surface area (Å²) < 4.78 is 171. The molecule has 0 aliphatic carbocycles. The summed E-state index contributed by atoms with van der Waals surface area (Å²) in [4.78, 5) is 56.8. The second-order valence-electron chi connectivity index (χ2n) is 28.5. The highest BCUT2D eigenvalue weighted by molar-refractivity contribution is 6.31. The topological polar surface area (TPSA) is 334 Å². The van der Waals surface area contributed by atoms with Crippen molar-refractivity contribution in [3.8, 4) is 36.1 Å². The third kappa shape index (κ3) is 22.6. The van der Waals surface area contributed by atoms with E-state index in [0.29, 0.717) is 110 Å². The van der Waals surface area contributed by atoms with Crippen LogP contribution in [-0.2, 0) is 76.7 Å². The van der Waals surface area contributed by atoms with E-state index in [1.54, 1.807) is 150 Å². The standard InChI is InChI=1S/C28H21F3N2O3.C22H14F3N3O2.C22H15F3N2O4.C21H14ClF3N2O2/c1-18-10-20(12-23(11-18)28(29,30)31)15-33-16-22(13-21(14-32)27(34)35)26-24(33)8-5-9-25(26)36-17-19-6-3-2-4-7-19;1-13-5-14(7-18(6-13)22(23,24)25)11-28-12-17(8-16(10-27)21(29)30)20-15(9-26)3-2-4-19(20)28;1-12-5-13(7-16(6-12)22(23,24)25)10-27-11-15(8-14(9-26)20(28)29)19-17(21(30)31)3-2-4-18(19)27;1-12-4-13(6-16(5-12)21(23,24)25)10-27-11-15(7-14(9-26)20(28)29)18-8-17(22)2-3-19(18)27/h2-13,16H,15,17H2,1H3,(H,34,35);2-8,12H,11H2,1H3,(H,29,30);2-8,11H,10H2,1H3,(H,28,29)(H,30,31);2-8,11H,10H2,1H3,(H,28,29)/b21-13+;16-8+;14-8+;14-7+. The van der Waals surface area contributed by atoms with Crippen molar-refractivity contribution >= 4 is 109 Å². The van der Waals surface area contributed by atoms with Gasteiger partial charge in [0.25, 0.3) is 0 Å². The van der Waals surface area contributed by atoms with Crippen LogP contribution in [0.2, 0.25) is 5.02 Å². The summed E-state index contributed by atoms with van der Waals surface area (Å²) in [5.74, 6) is -6.45. The SMILES string of the molecule is Cc1cc(Cn2cc(/C=C(\C#N)C(=O)O)c3c(C#N)cccc32)cc(C(F)(F)F)c1.Cc1cc(Cn2cc(/C=C(\C#N)C(=O)O)c3c(C(=O)O)cccc32)cc(C(F)(F)F)c1.Cc1cc(Cn2cc(/C=C(\C#N)C(=O)O)c3c(OCc4ccccc4)cccc32)cc(C(F)(F)F)c1.Cc1cc(Cn2cc(/C=C(\C#N)C(=O)O)c3cc(Cl)ccc32)cc(C(F)(F)F)c1. The Morgan fingerprint density at radius 1 is 0.373 bits per heavy atom. The van der Waals surface area contributed by atoms with Crippen molar-refractivity contribution in [1.82, 2.24) is 18.3 Å². The Morgan fingerprint density at radius 2 is 0.706 bits per heavy atom. The molecule has 0 bridgehead atoms. The predicted molar refractivity (Wildman–Crippen MR) is 441 cm³/mol. The molecule has 0 amide bonds. The van der Waals surface area contributed by atoms with Gasteiger partial charge < -0.3 is 48.5 Å². The van der Waals surface area contributed by atoms with Crippen LogP contribution >= 0.6 is 11.6 Å². The van der Waals surface area contributed by atoms with Crippen molar-refractivity contribution in [3.63, 3.8) is 0 Å². The molecule has 0 spiro atoms. The third-order valence-corrected chi connectivity index (χ3v) is 19.3. The minimum Gasteiger partial charge on any atom is -0.488 e. The Labute approximate surface area is 712 Å². The highest BCUT2D eigenvalue weighted by Gasteiger charge is 2.35. The lowest BCUT2D eigenvalue weighted by molar-refractivity contribution is -0.138. The van der Waals surface area contributed by atoms with Crippen molar-refractivity contribution in [1.29, 1.82) is 26.3 Å². The Morgan fingerprint density at radius 3 is 1.07 bits per heavy atom. The number of benzene rings is 9. The van der Waals surface area contributed by atoms with E-state index >= 15 is 0 Å². The van der Waals surface area contributed by atoms with Crippen molar-refractivity contribution in [3.05, 3.63) is 334 Å². The van der Waals surface area contributed by atoms with E-state index in [1.165, 1.54) is 54.2 Å². The minimum absolute atomic E-state index is 0.0207. The van der Waals surface area contributed by atoms with Gasteiger partial charge in [0.05, 0.1) is 50.5 Å². The molecular formula is C93H64ClF12N9O11. The molecule has 4 heterocycles. The number of alkyl halides is 12. The third-order valence-electron chi connectivity index (χ3n) is 19.1. The van der Waals surface area contributed by atoms with Gasteiger partial charge in [0, 0.05) is 111 Å². The molecule has 4 aromatic heterocycles. The predicted octanol–water partition coefficient (Wildman–Crippen LogP) is 21.8. The number of halogens is 13. The molecule has 126 heavy (non-hydrogen) atoms.